The number of hydrogen-bond donors (Lipinski definition) is 3. The van der Waals surface area contributed by atoms with Crippen LogP contribution in [-0.4, -0.2) is 23.6 Å². The van der Waals surface area contributed by atoms with Crippen LogP contribution >= 0.6 is 0 Å². The number of rotatable bonds is 7. The molecule has 0 unspecified atom stereocenters. The van der Waals surface area contributed by atoms with E-state index in [0.29, 0.717) is 18.2 Å². The first kappa shape index (κ1) is 15.5. The van der Waals surface area contributed by atoms with Gasteiger partial charge >= 0.3 is 0 Å². The number of aromatic hydroxyl groups is 1. The van der Waals surface area contributed by atoms with Crippen molar-refractivity contribution in [3.05, 3.63) is 23.8 Å². The van der Waals surface area contributed by atoms with E-state index < -0.39 is 0 Å². The first-order valence-electron chi connectivity index (χ1n) is 6.88. The summed E-state index contributed by atoms with van der Waals surface area (Å²) >= 11 is 0. The van der Waals surface area contributed by atoms with Crippen LogP contribution in [0, 0.1) is 0 Å². The van der Waals surface area contributed by atoms with Crippen LogP contribution < -0.4 is 10.6 Å². The van der Waals surface area contributed by atoms with Crippen molar-refractivity contribution in [2.75, 3.05) is 11.9 Å². The zero-order chi connectivity index (χ0) is 14.3. The van der Waals surface area contributed by atoms with E-state index >= 15 is 0 Å². The van der Waals surface area contributed by atoms with Crippen LogP contribution in [0.4, 0.5) is 5.69 Å². The third kappa shape index (κ3) is 5.75. The van der Waals surface area contributed by atoms with Crippen molar-refractivity contribution in [2.24, 2.45) is 0 Å². The van der Waals surface area contributed by atoms with Crippen molar-refractivity contribution < 1.29 is 9.90 Å². The number of anilines is 1. The minimum absolute atomic E-state index is 0.0610. The highest BCUT2D eigenvalue weighted by Crippen LogP contribution is 2.24. The molecule has 0 saturated carbocycles. The Labute approximate surface area is 115 Å². The molecule has 3 N–H and O–H groups in total. The Hall–Kier alpha value is -1.55. The molecule has 0 spiro atoms. The third-order valence-electron chi connectivity index (χ3n) is 2.88. The van der Waals surface area contributed by atoms with E-state index in [9.17, 15) is 9.90 Å². The largest absolute Gasteiger partial charge is 0.506 e. The van der Waals surface area contributed by atoms with Crippen LogP contribution in [0.25, 0.3) is 0 Å². The van der Waals surface area contributed by atoms with Crippen LogP contribution in [0.3, 0.4) is 0 Å². The van der Waals surface area contributed by atoms with E-state index in [0.717, 1.165) is 24.9 Å². The maximum Gasteiger partial charge on any atom is 0.224 e. The molecular weight excluding hydrogens is 240 g/mol. The van der Waals surface area contributed by atoms with Crippen LogP contribution in [-0.2, 0) is 11.2 Å². The van der Waals surface area contributed by atoms with Gasteiger partial charge in [0, 0.05) is 12.5 Å². The van der Waals surface area contributed by atoms with Gasteiger partial charge in [0.15, 0.2) is 0 Å². The summed E-state index contributed by atoms with van der Waals surface area (Å²) in [4.78, 5) is 11.8. The minimum atomic E-state index is -0.0610. The van der Waals surface area contributed by atoms with Gasteiger partial charge in [-0.25, -0.2) is 0 Å². The second kappa shape index (κ2) is 7.79. The number of nitrogens with one attached hydrogen (secondary N) is 2. The first-order chi connectivity index (χ1) is 9.02. The van der Waals surface area contributed by atoms with E-state index in [1.54, 1.807) is 6.07 Å². The maximum absolute atomic E-state index is 11.8. The van der Waals surface area contributed by atoms with E-state index in [1.807, 2.05) is 19.1 Å². The molecule has 19 heavy (non-hydrogen) atoms. The lowest BCUT2D eigenvalue weighted by atomic mass is 10.1. The summed E-state index contributed by atoms with van der Waals surface area (Å²) < 4.78 is 0. The fourth-order valence-corrected chi connectivity index (χ4v) is 1.76. The average Bonchev–Trinajstić information content (AvgIpc) is 2.37. The van der Waals surface area contributed by atoms with Gasteiger partial charge in [-0.15, -0.1) is 0 Å². The summed E-state index contributed by atoms with van der Waals surface area (Å²) in [6.07, 6.45) is 2.12. The SMILES string of the molecule is CCc1ccc(O)c(NC(=O)CCCNC(C)C)c1. The molecule has 4 heteroatoms. The van der Waals surface area contributed by atoms with Gasteiger partial charge in [0.1, 0.15) is 5.75 Å². The van der Waals surface area contributed by atoms with Crippen molar-refractivity contribution in [2.45, 2.75) is 46.1 Å². The summed E-state index contributed by atoms with van der Waals surface area (Å²) in [5, 5.41) is 15.7. The number of phenolic OH excluding ortho intramolecular Hbond substituents is 1. The van der Waals surface area contributed by atoms with Crippen LogP contribution in [0.2, 0.25) is 0 Å². The Morgan fingerprint density at radius 2 is 2.11 bits per heavy atom. The van der Waals surface area contributed by atoms with E-state index in [2.05, 4.69) is 24.5 Å². The van der Waals surface area contributed by atoms with Crippen molar-refractivity contribution in [3.63, 3.8) is 0 Å². The smallest absolute Gasteiger partial charge is 0.224 e. The third-order valence-corrected chi connectivity index (χ3v) is 2.88. The van der Waals surface area contributed by atoms with Crippen molar-refractivity contribution in [1.29, 1.82) is 0 Å². The Balaban J connectivity index is 2.43. The maximum atomic E-state index is 11.8. The number of amides is 1. The van der Waals surface area contributed by atoms with Crippen molar-refractivity contribution >= 4 is 11.6 Å². The van der Waals surface area contributed by atoms with Gasteiger partial charge in [-0.3, -0.25) is 4.79 Å². The number of aryl methyl sites for hydroxylation is 1. The molecule has 0 aliphatic carbocycles. The van der Waals surface area contributed by atoms with Gasteiger partial charge in [0.05, 0.1) is 5.69 Å². The van der Waals surface area contributed by atoms with Gasteiger partial charge in [0.25, 0.3) is 0 Å². The van der Waals surface area contributed by atoms with Crippen LogP contribution in [0.1, 0.15) is 39.2 Å². The Morgan fingerprint density at radius 3 is 2.74 bits per heavy atom. The monoisotopic (exact) mass is 264 g/mol. The zero-order valence-electron chi connectivity index (χ0n) is 12.0. The van der Waals surface area contributed by atoms with E-state index in [1.165, 1.54) is 0 Å². The van der Waals surface area contributed by atoms with Gasteiger partial charge < -0.3 is 15.7 Å². The molecule has 0 saturated heterocycles. The molecule has 1 rings (SSSR count). The molecule has 4 nitrogen and oxygen atoms in total. The van der Waals surface area contributed by atoms with Gasteiger partial charge in [-0.1, -0.05) is 26.8 Å². The number of benzene rings is 1. The summed E-state index contributed by atoms with van der Waals surface area (Å²) in [5.41, 5.74) is 1.59. The van der Waals surface area contributed by atoms with Crippen molar-refractivity contribution in [3.8, 4) is 5.75 Å². The van der Waals surface area contributed by atoms with Crippen LogP contribution in [0.5, 0.6) is 5.75 Å². The molecule has 0 atom stereocenters. The second-order valence-corrected chi connectivity index (χ2v) is 4.97. The minimum Gasteiger partial charge on any atom is -0.506 e. The quantitative estimate of drug-likeness (QED) is 0.524. The average molecular weight is 264 g/mol. The molecule has 1 amide bonds. The molecule has 0 aliphatic heterocycles. The summed E-state index contributed by atoms with van der Waals surface area (Å²) in [7, 11) is 0. The number of phenols is 1. The molecule has 1 aromatic carbocycles. The summed E-state index contributed by atoms with van der Waals surface area (Å²) in [5.74, 6) is 0.0555. The molecule has 0 aromatic heterocycles. The molecule has 0 bridgehead atoms. The van der Waals surface area contributed by atoms with Crippen LogP contribution in [0.15, 0.2) is 18.2 Å². The standard InChI is InChI=1S/C15H24N2O2/c1-4-12-7-8-14(18)13(10-12)17-15(19)6-5-9-16-11(2)3/h7-8,10-11,16,18H,4-6,9H2,1-3H3,(H,17,19). The highest BCUT2D eigenvalue weighted by molar-refractivity contribution is 5.92. The highest BCUT2D eigenvalue weighted by Gasteiger charge is 2.07. The lowest BCUT2D eigenvalue weighted by molar-refractivity contribution is -0.116. The van der Waals surface area contributed by atoms with Gasteiger partial charge in [0.2, 0.25) is 5.91 Å². The normalized spacial score (nSPS) is 10.7. The fourth-order valence-electron chi connectivity index (χ4n) is 1.76. The molecular formula is C15H24N2O2. The van der Waals surface area contributed by atoms with E-state index in [4.69, 9.17) is 0 Å². The lowest BCUT2D eigenvalue weighted by Gasteiger charge is -2.10. The van der Waals surface area contributed by atoms with Gasteiger partial charge in [-0.2, -0.15) is 0 Å². The lowest BCUT2D eigenvalue weighted by Crippen LogP contribution is -2.24. The predicted octanol–water partition coefficient (Wildman–Crippen LogP) is 2.67. The van der Waals surface area contributed by atoms with E-state index in [-0.39, 0.29) is 11.7 Å². The predicted molar refractivity (Wildman–Crippen MR) is 78.5 cm³/mol. The molecule has 0 aliphatic rings. The Morgan fingerprint density at radius 1 is 1.37 bits per heavy atom. The highest BCUT2D eigenvalue weighted by atomic mass is 16.3. The summed E-state index contributed by atoms with van der Waals surface area (Å²) in [6, 6.07) is 5.74. The number of carbonyl (C=O) groups is 1. The van der Waals surface area contributed by atoms with Crippen molar-refractivity contribution in [1.82, 2.24) is 5.32 Å². The molecule has 0 fully saturated rings. The molecule has 106 valence electrons. The molecule has 0 heterocycles. The Kier molecular flexibility index (Phi) is 6.36. The summed E-state index contributed by atoms with van der Waals surface area (Å²) in [6.45, 7) is 7.02. The number of hydrogen-bond acceptors (Lipinski definition) is 3. The van der Waals surface area contributed by atoms with Gasteiger partial charge in [-0.05, 0) is 37.1 Å². The fraction of sp³-hybridized carbons (Fsp3) is 0.533. The first-order valence-corrected chi connectivity index (χ1v) is 6.88. The molecule has 0 radical (unpaired) electrons. The topological polar surface area (TPSA) is 61.4 Å². The second-order valence-electron chi connectivity index (χ2n) is 4.97. The number of carbonyl (C=O) groups excluding carboxylic acids is 1. The molecule has 1 aromatic rings. The Bertz CT molecular complexity index is 417. The zero-order valence-corrected chi connectivity index (χ0v) is 12.0.